The van der Waals surface area contributed by atoms with Gasteiger partial charge >= 0.3 is 0 Å². The number of amides is 1. The molecule has 0 fully saturated rings. The Bertz CT molecular complexity index is 349. The van der Waals surface area contributed by atoms with Crippen LogP contribution in [0.3, 0.4) is 0 Å². The van der Waals surface area contributed by atoms with Crippen LogP contribution in [0.1, 0.15) is 26.3 Å². The monoisotopic (exact) mass is 223 g/mol. The lowest BCUT2D eigenvalue weighted by Gasteiger charge is -2.20. The Hall–Kier alpha value is -1.29. The van der Waals surface area contributed by atoms with Gasteiger partial charge in [-0.25, -0.2) is 0 Å². The summed E-state index contributed by atoms with van der Waals surface area (Å²) in [7, 11) is 1.91. The van der Waals surface area contributed by atoms with E-state index in [-0.39, 0.29) is 11.4 Å². The largest absolute Gasteiger partial charge is 0.350 e. The van der Waals surface area contributed by atoms with Gasteiger partial charge in [-0.1, -0.05) is 0 Å². The highest BCUT2D eigenvalue weighted by molar-refractivity contribution is 5.76. The Labute approximate surface area is 97.0 Å². The number of nitrogens with zero attached hydrogens (tertiary/aromatic N) is 1. The molecule has 1 rings (SSSR count). The summed E-state index contributed by atoms with van der Waals surface area (Å²) in [6, 6.07) is 2.01. The predicted molar refractivity (Wildman–Crippen MR) is 65.1 cm³/mol. The molecule has 0 aromatic carbocycles. The van der Waals surface area contributed by atoms with Crippen molar-refractivity contribution in [1.29, 1.82) is 0 Å². The maximum atomic E-state index is 11.6. The van der Waals surface area contributed by atoms with Crippen LogP contribution < -0.4 is 10.6 Å². The van der Waals surface area contributed by atoms with Crippen molar-refractivity contribution >= 4 is 5.91 Å². The highest BCUT2D eigenvalue weighted by Crippen LogP contribution is 2.02. The molecule has 0 spiro atoms. The second-order valence-electron chi connectivity index (χ2n) is 5.02. The molecule has 0 unspecified atom stereocenters. The van der Waals surface area contributed by atoms with Crippen LogP contribution in [0.5, 0.6) is 0 Å². The van der Waals surface area contributed by atoms with Crippen LogP contribution in [0.4, 0.5) is 0 Å². The lowest BCUT2D eigenvalue weighted by atomic mass is 10.1. The zero-order valence-electron chi connectivity index (χ0n) is 10.5. The van der Waals surface area contributed by atoms with E-state index >= 15 is 0 Å². The van der Waals surface area contributed by atoms with Crippen LogP contribution in [0.25, 0.3) is 0 Å². The number of aromatic nitrogens is 1. The summed E-state index contributed by atoms with van der Waals surface area (Å²) in [5.41, 5.74) is 1.02. The molecule has 0 aliphatic carbocycles. The third-order valence-corrected chi connectivity index (χ3v) is 2.03. The van der Waals surface area contributed by atoms with Crippen LogP contribution in [-0.2, 0) is 17.9 Å². The summed E-state index contributed by atoms with van der Waals surface area (Å²) >= 11 is 0. The van der Waals surface area contributed by atoms with Gasteiger partial charge in [0.1, 0.15) is 6.54 Å². The van der Waals surface area contributed by atoms with Crippen molar-refractivity contribution in [1.82, 2.24) is 15.2 Å². The average Bonchev–Trinajstić information content (AvgIpc) is 2.49. The first-order valence-corrected chi connectivity index (χ1v) is 5.51. The van der Waals surface area contributed by atoms with Crippen LogP contribution in [0, 0.1) is 0 Å². The third kappa shape index (κ3) is 4.49. The fraction of sp³-hybridized carbons (Fsp3) is 0.583. The van der Waals surface area contributed by atoms with Crippen LogP contribution in [0.2, 0.25) is 0 Å². The highest BCUT2D eigenvalue weighted by atomic mass is 16.2. The highest BCUT2D eigenvalue weighted by Gasteiger charge is 2.13. The van der Waals surface area contributed by atoms with E-state index < -0.39 is 0 Å². The summed E-state index contributed by atoms with van der Waals surface area (Å²) < 4.78 is 1.90. The number of carbonyl (C=O) groups excluding carboxylic acids is 1. The molecule has 0 atom stereocenters. The minimum absolute atomic E-state index is 0.0408. The van der Waals surface area contributed by atoms with E-state index in [4.69, 9.17) is 0 Å². The van der Waals surface area contributed by atoms with Crippen LogP contribution in [0.15, 0.2) is 18.5 Å². The molecule has 0 aliphatic rings. The third-order valence-electron chi connectivity index (χ3n) is 2.03. The van der Waals surface area contributed by atoms with Crippen LogP contribution in [-0.4, -0.2) is 23.1 Å². The van der Waals surface area contributed by atoms with Gasteiger partial charge in [0.2, 0.25) is 5.91 Å². The first kappa shape index (κ1) is 12.8. The molecule has 1 amide bonds. The zero-order valence-corrected chi connectivity index (χ0v) is 10.5. The molecule has 0 saturated carbocycles. The number of hydrogen-bond acceptors (Lipinski definition) is 2. The molecule has 0 radical (unpaired) electrons. The van der Waals surface area contributed by atoms with E-state index in [1.165, 1.54) is 5.56 Å². The molecule has 90 valence electrons. The molecule has 0 aliphatic heterocycles. The Balaban J connectivity index is 2.50. The molecule has 0 bridgehead atoms. The summed E-state index contributed by atoms with van der Waals surface area (Å²) in [6.07, 6.45) is 3.91. The van der Waals surface area contributed by atoms with Gasteiger partial charge in [0, 0.05) is 24.5 Å². The summed E-state index contributed by atoms with van der Waals surface area (Å²) in [5, 5.41) is 6.01. The maximum Gasteiger partial charge on any atom is 0.240 e. The number of rotatable bonds is 4. The van der Waals surface area contributed by atoms with E-state index in [9.17, 15) is 4.79 Å². The first-order chi connectivity index (χ1) is 7.40. The smallest absolute Gasteiger partial charge is 0.240 e. The molecular weight excluding hydrogens is 202 g/mol. The second-order valence-corrected chi connectivity index (χ2v) is 5.02. The molecule has 2 N–H and O–H groups in total. The van der Waals surface area contributed by atoms with Gasteiger partial charge in [0.05, 0.1) is 0 Å². The van der Waals surface area contributed by atoms with Crippen LogP contribution >= 0.6 is 0 Å². The number of nitrogens with one attached hydrogen (secondary N) is 2. The Morgan fingerprint density at radius 1 is 1.44 bits per heavy atom. The van der Waals surface area contributed by atoms with Gasteiger partial charge in [-0.2, -0.15) is 0 Å². The van der Waals surface area contributed by atoms with E-state index in [1.54, 1.807) is 0 Å². The summed E-state index contributed by atoms with van der Waals surface area (Å²) in [4.78, 5) is 11.6. The standard InChI is InChI=1S/C12H21N3O/c1-12(2,3)14-11(16)9-15-6-5-10(8-15)7-13-4/h5-6,8,13H,7,9H2,1-4H3,(H,14,16). The minimum atomic E-state index is -0.169. The van der Waals surface area contributed by atoms with Gasteiger partial charge < -0.3 is 15.2 Å². The molecule has 1 heterocycles. The average molecular weight is 223 g/mol. The Morgan fingerprint density at radius 2 is 2.12 bits per heavy atom. The fourth-order valence-electron chi connectivity index (χ4n) is 1.52. The lowest BCUT2D eigenvalue weighted by molar-refractivity contribution is -0.123. The van der Waals surface area contributed by atoms with Crippen molar-refractivity contribution in [2.45, 2.75) is 39.4 Å². The maximum absolute atomic E-state index is 11.6. The van der Waals surface area contributed by atoms with E-state index in [0.29, 0.717) is 6.54 Å². The lowest BCUT2D eigenvalue weighted by Crippen LogP contribution is -2.42. The van der Waals surface area contributed by atoms with E-state index in [1.807, 2.05) is 50.8 Å². The normalized spacial score (nSPS) is 11.5. The fourth-order valence-corrected chi connectivity index (χ4v) is 1.52. The SMILES string of the molecule is CNCc1ccn(CC(=O)NC(C)(C)C)c1. The molecule has 0 saturated heterocycles. The second kappa shape index (κ2) is 5.16. The van der Waals surface area contributed by atoms with Crippen molar-refractivity contribution in [3.63, 3.8) is 0 Å². The molecule has 4 heteroatoms. The Morgan fingerprint density at radius 3 is 2.69 bits per heavy atom. The molecule has 16 heavy (non-hydrogen) atoms. The van der Waals surface area contributed by atoms with Crippen molar-refractivity contribution in [2.24, 2.45) is 0 Å². The van der Waals surface area contributed by atoms with Crippen molar-refractivity contribution in [2.75, 3.05) is 7.05 Å². The van der Waals surface area contributed by atoms with Gasteiger partial charge in [0.15, 0.2) is 0 Å². The molecule has 1 aromatic rings. The molecule has 1 aromatic heterocycles. The number of hydrogen-bond donors (Lipinski definition) is 2. The quantitative estimate of drug-likeness (QED) is 0.803. The summed E-state index contributed by atoms with van der Waals surface area (Å²) in [6.45, 7) is 7.14. The minimum Gasteiger partial charge on any atom is -0.350 e. The predicted octanol–water partition coefficient (Wildman–Crippen LogP) is 1.12. The van der Waals surface area contributed by atoms with Crippen molar-refractivity contribution in [3.05, 3.63) is 24.0 Å². The first-order valence-electron chi connectivity index (χ1n) is 5.51. The molecule has 4 nitrogen and oxygen atoms in total. The zero-order chi connectivity index (χ0) is 12.2. The Kier molecular flexibility index (Phi) is 4.12. The van der Waals surface area contributed by atoms with E-state index in [0.717, 1.165) is 6.54 Å². The topological polar surface area (TPSA) is 46.1 Å². The van der Waals surface area contributed by atoms with Gasteiger partial charge in [-0.05, 0) is 39.4 Å². The molecular formula is C12H21N3O. The number of carbonyl (C=O) groups is 1. The summed E-state index contributed by atoms with van der Waals surface area (Å²) in [5.74, 6) is 0.0408. The van der Waals surface area contributed by atoms with Crippen molar-refractivity contribution < 1.29 is 4.79 Å². The van der Waals surface area contributed by atoms with E-state index in [2.05, 4.69) is 10.6 Å². The van der Waals surface area contributed by atoms with Gasteiger partial charge in [-0.3, -0.25) is 4.79 Å². The van der Waals surface area contributed by atoms with Gasteiger partial charge in [-0.15, -0.1) is 0 Å². The van der Waals surface area contributed by atoms with Crippen molar-refractivity contribution in [3.8, 4) is 0 Å². The van der Waals surface area contributed by atoms with Gasteiger partial charge in [0.25, 0.3) is 0 Å².